The molecule has 104 valence electrons. The van der Waals surface area contributed by atoms with Crippen LogP contribution in [0, 0.1) is 0 Å². The molecule has 10 heteroatoms. The Hall–Kier alpha value is -0.323. The summed E-state index contributed by atoms with van der Waals surface area (Å²) in [5, 5.41) is 0. The lowest BCUT2D eigenvalue weighted by molar-refractivity contribution is -0.173. The highest BCUT2D eigenvalue weighted by Gasteiger charge is 2.69. The summed E-state index contributed by atoms with van der Waals surface area (Å²) in [5.41, 5.74) is -4.49. The number of alkyl halides is 6. The molecule has 0 heterocycles. The van der Waals surface area contributed by atoms with Crippen LogP contribution in [0.3, 0.4) is 0 Å². The van der Waals surface area contributed by atoms with Gasteiger partial charge in [-0.25, -0.2) is 4.39 Å². The molecule has 3 nitrogen and oxygen atoms in total. The quantitative estimate of drug-likeness (QED) is 0.554. The van der Waals surface area contributed by atoms with E-state index in [0.717, 1.165) is 21.3 Å². The molecule has 17 heavy (non-hydrogen) atoms. The fourth-order valence-electron chi connectivity index (χ4n) is 1.18. The monoisotopic (exact) mass is 286 g/mol. The highest BCUT2D eigenvalue weighted by atomic mass is 28.4. The van der Waals surface area contributed by atoms with E-state index in [0.29, 0.717) is 0 Å². The molecule has 0 radical (unpaired) electrons. The van der Waals surface area contributed by atoms with Gasteiger partial charge in [0.25, 0.3) is 0 Å². The molecule has 0 saturated carbocycles. The van der Waals surface area contributed by atoms with Crippen molar-refractivity contribution >= 4 is 8.80 Å². The van der Waals surface area contributed by atoms with E-state index in [1.54, 1.807) is 0 Å². The van der Waals surface area contributed by atoms with E-state index >= 15 is 0 Å². The van der Waals surface area contributed by atoms with Crippen LogP contribution in [0.2, 0.25) is 0 Å². The van der Waals surface area contributed by atoms with E-state index < -0.39 is 33.1 Å². The van der Waals surface area contributed by atoms with Crippen molar-refractivity contribution in [3.63, 3.8) is 0 Å². The second kappa shape index (κ2) is 5.55. The van der Waals surface area contributed by atoms with E-state index in [-0.39, 0.29) is 0 Å². The van der Waals surface area contributed by atoms with Gasteiger partial charge in [0, 0.05) is 21.3 Å². The molecule has 0 amide bonds. The summed E-state index contributed by atoms with van der Waals surface area (Å²) >= 11 is 0. The topological polar surface area (TPSA) is 27.7 Å². The first-order valence-corrected chi connectivity index (χ1v) is 6.03. The van der Waals surface area contributed by atoms with Gasteiger partial charge in [0.05, 0.1) is 6.42 Å². The maximum absolute atomic E-state index is 13.5. The zero-order valence-electron chi connectivity index (χ0n) is 9.28. The average molecular weight is 286 g/mol. The fourth-order valence-corrected chi connectivity index (χ4v) is 2.98. The van der Waals surface area contributed by atoms with Crippen molar-refractivity contribution in [1.29, 1.82) is 0 Å². The van der Waals surface area contributed by atoms with E-state index in [1.807, 2.05) is 0 Å². The average Bonchev–Trinajstić information content (AvgIpc) is 2.18. The molecule has 0 aliphatic heterocycles. The van der Waals surface area contributed by atoms with Crippen LogP contribution in [0.1, 0.15) is 6.42 Å². The molecule has 1 unspecified atom stereocenters. The van der Waals surface area contributed by atoms with Crippen LogP contribution >= 0.6 is 0 Å². The largest absolute Gasteiger partial charge is 0.577 e. The summed E-state index contributed by atoms with van der Waals surface area (Å²) in [6.07, 6.45) is -10.8. The summed E-state index contributed by atoms with van der Waals surface area (Å²) in [6.45, 7) is 0. The maximum atomic E-state index is 13.5. The summed E-state index contributed by atoms with van der Waals surface area (Å²) in [6, 6.07) is 0. The molecule has 0 N–H and O–H groups in total. The first-order valence-electron chi connectivity index (χ1n) is 4.30. The lowest BCUT2D eigenvalue weighted by atomic mass is 10.3. The van der Waals surface area contributed by atoms with Gasteiger partial charge >= 0.3 is 20.5 Å². The smallest absolute Gasteiger partial charge is 0.373 e. The second-order valence-electron chi connectivity index (χ2n) is 3.08. The Kier molecular flexibility index (Phi) is 5.44. The van der Waals surface area contributed by atoms with Crippen LogP contribution in [-0.4, -0.2) is 48.0 Å². The van der Waals surface area contributed by atoms with Crippen molar-refractivity contribution in [3.8, 4) is 0 Å². The Morgan fingerprint density at radius 2 is 1.29 bits per heavy atom. The van der Waals surface area contributed by atoms with Crippen LogP contribution < -0.4 is 0 Å². The molecular formula is C7H12F6O3Si. The van der Waals surface area contributed by atoms with Gasteiger partial charge < -0.3 is 13.3 Å². The molecule has 0 aliphatic carbocycles. The third kappa shape index (κ3) is 3.57. The molecule has 0 fully saturated rings. The highest BCUT2D eigenvalue weighted by Crippen LogP contribution is 2.38. The van der Waals surface area contributed by atoms with Gasteiger partial charge in [0.2, 0.25) is 0 Å². The number of halogens is 6. The van der Waals surface area contributed by atoms with Crippen LogP contribution in [0.5, 0.6) is 0 Å². The number of hydrogen-bond donors (Lipinski definition) is 0. The van der Waals surface area contributed by atoms with Crippen molar-refractivity contribution in [2.45, 2.75) is 24.3 Å². The standard InChI is InChI=1S/C7H12F6O3Si/c1-14-17(15-2,16-3)7(12,13)5(8)4-6(9,10)11/h5H,4H2,1-3H3. The molecule has 0 aromatic rings. The Balaban J connectivity index is 5.08. The molecule has 0 aromatic carbocycles. The van der Waals surface area contributed by atoms with Crippen LogP contribution in [0.15, 0.2) is 0 Å². The molecule has 0 aromatic heterocycles. The zero-order valence-corrected chi connectivity index (χ0v) is 10.3. The third-order valence-corrected chi connectivity index (χ3v) is 4.76. The molecular weight excluding hydrogens is 274 g/mol. The minimum absolute atomic E-state index is 0.757. The Morgan fingerprint density at radius 3 is 1.53 bits per heavy atom. The lowest BCUT2D eigenvalue weighted by Crippen LogP contribution is -2.63. The highest BCUT2D eigenvalue weighted by molar-refractivity contribution is 6.63. The number of rotatable bonds is 6. The second-order valence-corrected chi connectivity index (χ2v) is 6.08. The number of hydrogen-bond acceptors (Lipinski definition) is 3. The van der Waals surface area contributed by atoms with Crippen molar-refractivity contribution in [3.05, 3.63) is 0 Å². The van der Waals surface area contributed by atoms with Crippen LogP contribution in [0.4, 0.5) is 26.3 Å². The van der Waals surface area contributed by atoms with Gasteiger partial charge in [-0.15, -0.1) is 0 Å². The summed E-state index contributed by atoms with van der Waals surface area (Å²) in [4.78, 5) is 0. The molecule has 0 rings (SSSR count). The summed E-state index contributed by atoms with van der Waals surface area (Å²) < 4.78 is 88.4. The van der Waals surface area contributed by atoms with Crippen molar-refractivity contribution < 1.29 is 39.6 Å². The van der Waals surface area contributed by atoms with Gasteiger partial charge in [0.1, 0.15) is 0 Å². The van der Waals surface area contributed by atoms with Gasteiger partial charge in [-0.2, -0.15) is 22.0 Å². The van der Waals surface area contributed by atoms with Gasteiger partial charge in [-0.3, -0.25) is 0 Å². The van der Waals surface area contributed by atoms with Crippen molar-refractivity contribution in [2.24, 2.45) is 0 Å². The first kappa shape index (κ1) is 16.7. The normalized spacial score (nSPS) is 16.1. The minimum atomic E-state index is -5.06. The van der Waals surface area contributed by atoms with Crippen LogP contribution in [-0.2, 0) is 13.3 Å². The van der Waals surface area contributed by atoms with E-state index in [4.69, 9.17) is 0 Å². The Morgan fingerprint density at radius 1 is 0.941 bits per heavy atom. The maximum Gasteiger partial charge on any atom is 0.577 e. The molecule has 0 bridgehead atoms. The molecule has 1 atom stereocenters. The molecule has 0 spiro atoms. The molecule has 0 saturated heterocycles. The molecule has 0 aliphatic rings. The van der Waals surface area contributed by atoms with Crippen molar-refractivity contribution in [2.75, 3.05) is 21.3 Å². The van der Waals surface area contributed by atoms with E-state index in [1.165, 1.54) is 0 Å². The predicted octanol–water partition coefficient (Wildman–Crippen LogP) is 2.33. The van der Waals surface area contributed by atoms with Crippen LogP contribution in [0.25, 0.3) is 0 Å². The lowest BCUT2D eigenvalue weighted by Gasteiger charge is -2.33. The Labute approximate surface area is 95.0 Å². The van der Waals surface area contributed by atoms with Gasteiger partial charge in [-0.1, -0.05) is 0 Å². The predicted molar refractivity (Wildman–Crippen MR) is 47.3 cm³/mol. The van der Waals surface area contributed by atoms with Gasteiger partial charge in [0.15, 0.2) is 6.17 Å². The minimum Gasteiger partial charge on any atom is -0.373 e. The Bertz CT molecular complexity index is 234. The van der Waals surface area contributed by atoms with E-state index in [2.05, 4.69) is 13.3 Å². The SMILES string of the molecule is CO[Si](OC)(OC)C(F)(F)C(F)CC(F)(F)F. The first-order chi connectivity index (χ1) is 7.56. The van der Waals surface area contributed by atoms with E-state index in [9.17, 15) is 26.3 Å². The summed E-state index contributed by atoms with van der Waals surface area (Å²) in [5.74, 6) is 0. The zero-order chi connectivity index (χ0) is 13.9. The summed E-state index contributed by atoms with van der Waals surface area (Å²) in [7, 11) is -2.54. The third-order valence-electron chi connectivity index (χ3n) is 2.02. The van der Waals surface area contributed by atoms with Gasteiger partial charge in [-0.05, 0) is 0 Å². The van der Waals surface area contributed by atoms with Crippen molar-refractivity contribution in [1.82, 2.24) is 0 Å². The fraction of sp³-hybridized carbons (Fsp3) is 1.00.